The van der Waals surface area contributed by atoms with E-state index in [1.54, 1.807) is 0 Å². The van der Waals surface area contributed by atoms with Gasteiger partial charge in [0.2, 0.25) is 0 Å². The molecule has 0 aliphatic heterocycles. The lowest BCUT2D eigenvalue weighted by atomic mass is 10.1. The molecule has 0 bridgehead atoms. The molecule has 0 aliphatic carbocycles. The van der Waals surface area contributed by atoms with E-state index in [4.69, 9.17) is 4.74 Å². The van der Waals surface area contributed by atoms with E-state index in [-0.39, 0.29) is 10.7 Å². The highest BCUT2D eigenvalue weighted by Gasteiger charge is 1.94. The van der Waals surface area contributed by atoms with Crippen LogP contribution in [-0.2, 0) is 9.53 Å². The van der Waals surface area contributed by atoms with E-state index in [1.807, 2.05) is 0 Å². The van der Waals surface area contributed by atoms with Crippen molar-refractivity contribution in [2.45, 2.75) is 45.4 Å². The molecule has 0 radical (unpaired) electrons. The molecule has 0 aliphatic rings. The van der Waals surface area contributed by atoms with Crippen LogP contribution in [0.15, 0.2) is 12.7 Å². The summed E-state index contributed by atoms with van der Waals surface area (Å²) in [6.45, 7) is 6.06. The SMILES string of the molecule is C=CC(=O)OCCCCCCCC.F. The molecule has 84 valence electrons. The van der Waals surface area contributed by atoms with Crippen LogP contribution < -0.4 is 0 Å². The minimum Gasteiger partial charge on any atom is -0.463 e. The Hall–Kier alpha value is -0.860. The van der Waals surface area contributed by atoms with E-state index in [1.165, 1.54) is 31.8 Å². The van der Waals surface area contributed by atoms with Gasteiger partial charge in [-0.25, -0.2) is 4.79 Å². The number of esters is 1. The first-order valence-electron chi connectivity index (χ1n) is 5.10. The number of carbonyl (C=O) groups excluding carboxylic acids is 1. The third-order valence-corrected chi connectivity index (χ3v) is 1.91. The Morgan fingerprint density at radius 3 is 2.36 bits per heavy atom. The molecule has 0 saturated carbocycles. The van der Waals surface area contributed by atoms with Crippen LogP contribution in [-0.4, -0.2) is 12.6 Å². The third-order valence-electron chi connectivity index (χ3n) is 1.91. The van der Waals surface area contributed by atoms with Gasteiger partial charge in [-0.15, -0.1) is 0 Å². The normalized spacial score (nSPS) is 8.93. The van der Waals surface area contributed by atoms with Crippen molar-refractivity contribution in [2.75, 3.05) is 6.61 Å². The fraction of sp³-hybridized carbons (Fsp3) is 0.727. The number of hydrogen-bond donors (Lipinski definition) is 0. The van der Waals surface area contributed by atoms with Gasteiger partial charge < -0.3 is 4.74 Å². The highest BCUT2D eigenvalue weighted by atomic mass is 19.0. The quantitative estimate of drug-likeness (QED) is 0.345. The van der Waals surface area contributed by atoms with Gasteiger partial charge in [0, 0.05) is 6.08 Å². The van der Waals surface area contributed by atoms with Gasteiger partial charge in [0.1, 0.15) is 0 Å². The van der Waals surface area contributed by atoms with Crippen LogP contribution in [0, 0.1) is 0 Å². The first kappa shape index (κ1) is 15.6. The number of rotatable bonds is 8. The van der Waals surface area contributed by atoms with E-state index in [0.717, 1.165) is 12.8 Å². The Labute approximate surface area is 85.7 Å². The summed E-state index contributed by atoms with van der Waals surface area (Å²) >= 11 is 0. The van der Waals surface area contributed by atoms with Gasteiger partial charge in [-0.1, -0.05) is 45.6 Å². The van der Waals surface area contributed by atoms with Crippen molar-refractivity contribution in [1.29, 1.82) is 0 Å². The van der Waals surface area contributed by atoms with Gasteiger partial charge in [0.15, 0.2) is 0 Å². The smallest absolute Gasteiger partial charge is 0.330 e. The fourth-order valence-corrected chi connectivity index (χ4v) is 1.11. The van der Waals surface area contributed by atoms with Gasteiger partial charge in [0.05, 0.1) is 6.61 Å². The summed E-state index contributed by atoms with van der Waals surface area (Å²) < 4.78 is 4.84. The summed E-state index contributed by atoms with van der Waals surface area (Å²) in [7, 11) is 0. The largest absolute Gasteiger partial charge is 0.463 e. The number of unbranched alkanes of at least 4 members (excludes halogenated alkanes) is 5. The van der Waals surface area contributed by atoms with E-state index < -0.39 is 0 Å². The standard InChI is InChI=1S/C11H20O2.FH/c1-3-5-6-7-8-9-10-13-11(12)4-2;/h4H,2-3,5-10H2,1H3;1H. The van der Waals surface area contributed by atoms with E-state index in [9.17, 15) is 4.79 Å². The maximum Gasteiger partial charge on any atom is 0.330 e. The molecular formula is C11H21FO2. The van der Waals surface area contributed by atoms with Crippen molar-refractivity contribution in [3.05, 3.63) is 12.7 Å². The van der Waals surface area contributed by atoms with Crippen LogP contribution in [0.2, 0.25) is 0 Å². The summed E-state index contributed by atoms with van der Waals surface area (Å²) in [6.07, 6.45) is 8.47. The van der Waals surface area contributed by atoms with Gasteiger partial charge in [-0.2, -0.15) is 0 Å². The van der Waals surface area contributed by atoms with Crippen LogP contribution in [0.4, 0.5) is 4.70 Å². The van der Waals surface area contributed by atoms with Gasteiger partial charge >= 0.3 is 5.97 Å². The Bertz CT molecular complexity index is 146. The molecule has 0 N–H and O–H groups in total. The molecule has 0 unspecified atom stereocenters. The monoisotopic (exact) mass is 204 g/mol. The molecule has 0 heterocycles. The second-order valence-electron chi connectivity index (χ2n) is 3.14. The first-order valence-corrected chi connectivity index (χ1v) is 5.10. The topological polar surface area (TPSA) is 26.3 Å². The van der Waals surface area contributed by atoms with Crippen molar-refractivity contribution in [2.24, 2.45) is 0 Å². The molecule has 0 saturated heterocycles. The zero-order chi connectivity index (χ0) is 9.94. The molecule has 14 heavy (non-hydrogen) atoms. The summed E-state index contributed by atoms with van der Waals surface area (Å²) in [4.78, 5) is 10.6. The number of hydrogen-bond acceptors (Lipinski definition) is 2. The predicted molar refractivity (Wildman–Crippen MR) is 57.0 cm³/mol. The second kappa shape index (κ2) is 12.1. The molecule has 0 aromatic carbocycles. The Balaban J connectivity index is 0. The van der Waals surface area contributed by atoms with Gasteiger partial charge in [-0.05, 0) is 6.42 Å². The van der Waals surface area contributed by atoms with Crippen LogP contribution in [0.3, 0.4) is 0 Å². The summed E-state index contributed by atoms with van der Waals surface area (Å²) in [5.74, 6) is -0.312. The lowest BCUT2D eigenvalue weighted by molar-refractivity contribution is -0.137. The number of ether oxygens (including phenoxy) is 1. The molecule has 0 amide bonds. The third kappa shape index (κ3) is 11.1. The minimum atomic E-state index is -0.312. The summed E-state index contributed by atoms with van der Waals surface area (Å²) in [5, 5.41) is 0. The molecule has 0 fully saturated rings. The highest BCUT2D eigenvalue weighted by Crippen LogP contribution is 2.04. The summed E-state index contributed by atoms with van der Waals surface area (Å²) in [6, 6.07) is 0. The van der Waals surface area contributed by atoms with Crippen LogP contribution in [0.25, 0.3) is 0 Å². The van der Waals surface area contributed by atoms with Crippen molar-refractivity contribution in [3.63, 3.8) is 0 Å². The molecule has 0 aromatic heterocycles. The average Bonchev–Trinajstić information content (AvgIpc) is 2.16. The fourth-order valence-electron chi connectivity index (χ4n) is 1.11. The van der Waals surface area contributed by atoms with Gasteiger partial charge in [0.25, 0.3) is 0 Å². The molecule has 3 heteroatoms. The van der Waals surface area contributed by atoms with E-state index in [0.29, 0.717) is 6.61 Å². The van der Waals surface area contributed by atoms with E-state index >= 15 is 0 Å². The lowest BCUT2D eigenvalue weighted by Crippen LogP contribution is -2.01. The lowest BCUT2D eigenvalue weighted by Gasteiger charge is -2.01. The van der Waals surface area contributed by atoms with Crippen LogP contribution in [0.5, 0.6) is 0 Å². The highest BCUT2D eigenvalue weighted by molar-refractivity contribution is 5.81. The van der Waals surface area contributed by atoms with Crippen molar-refractivity contribution < 1.29 is 14.2 Å². The maximum atomic E-state index is 10.6. The molecular weight excluding hydrogens is 183 g/mol. The first-order chi connectivity index (χ1) is 6.31. The van der Waals surface area contributed by atoms with Crippen LogP contribution in [0.1, 0.15) is 45.4 Å². The maximum absolute atomic E-state index is 10.6. The Morgan fingerprint density at radius 1 is 1.21 bits per heavy atom. The molecule has 0 spiro atoms. The average molecular weight is 204 g/mol. The van der Waals surface area contributed by atoms with Gasteiger partial charge in [-0.3, -0.25) is 4.70 Å². The van der Waals surface area contributed by atoms with Crippen molar-refractivity contribution in [1.82, 2.24) is 0 Å². The van der Waals surface area contributed by atoms with Crippen molar-refractivity contribution in [3.8, 4) is 0 Å². The molecule has 0 atom stereocenters. The Morgan fingerprint density at radius 2 is 1.79 bits per heavy atom. The second-order valence-corrected chi connectivity index (χ2v) is 3.14. The number of carbonyl (C=O) groups is 1. The predicted octanol–water partition coefficient (Wildman–Crippen LogP) is 3.23. The van der Waals surface area contributed by atoms with Crippen LogP contribution >= 0.6 is 0 Å². The van der Waals surface area contributed by atoms with E-state index in [2.05, 4.69) is 13.5 Å². The molecule has 2 nitrogen and oxygen atoms in total. The summed E-state index contributed by atoms with van der Waals surface area (Å²) in [5.41, 5.74) is 0. The van der Waals surface area contributed by atoms with Crippen molar-refractivity contribution >= 4 is 5.97 Å². The number of halogens is 1. The molecule has 0 aromatic rings. The molecule has 0 rings (SSSR count). The zero-order valence-corrected chi connectivity index (χ0v) is 8.96. The zero-order valence-electron chi connectivity index (χ0n) is 8.96. The Kier molecular flexibility index (Phi) is 13.5. The minimum absolute atomic E-state index is 0.